The van der Waals surface area contributed by atoms with Gasteiger partial charge in [-0.1, -0.05) is 0 Å². The van der Waals surface area contributed by atoms with Crippen LogP contribution in [0.2, 0.25) is 0 Å². The van der Waals surface area contributed by atoms with Crippen molar-refractivity contribution >= 4 is 5.91 Å². The zero-order chi connectivity index (χ0) is 18.1. The summed E-state index contributed by atoms with van der Waals surface area (Å²) in [5.74, 6) is -1.29. The van der Waals surface area contributed by atoms with Gasteiger partial charge in [-0.2, -0.15) is 5.10 Å². The van der Waals surface area contributed by atoms with E-state index in [0.717, 1.165) is 25.0 Å². The Labute approximate surface area is 144 Å². The molecule has 1 aliphatic rings. The second kappa shape index (κ2) is 6.92. The minimum atomic E-state index is -0.742. The topological polar surface area (TPSA) is 67.2 Å². The van der Waals surface area contributed by atoms with Crippen LogP contribution < -0.4 is 5.32 Å². The van der Waals surface area contributed by atoms with Gasteiger partial charge in [-0.25, -0.2) is 13.5 Å². The van der Waals surface area contributed by atoms with Crippen LogP contribution in [0.5, 0.6) is 0 Å². The quantitative estimate of drug-likeness (QED) is 0.843. The van der Waals surface area contributed by atoms with Crippen LogP contribution in [0.3, 0.4) is 0 Å². The van der Waals surface area contributed by atoms with Crippen molar-refractivity contribution in [2.75, 3.05) is 6.61 Å². The molecular weight excluding hydrogens is 328 g/mol. The predicted molar refractivity (Wildman–Crippen MR) is 88.6 cm³/mol. The molecule has 5 nitrogen and oxygen atoms in total. The molecule has 1 fully saturated rings. The SMILES string of the molecule is Cc1nn(-c2ccc(F)cc2F)c(C)c1C(=O)NC(CCO)C1CC1. The van der Waals surface area contributed by atoms with Crippen LogP contribution in [0.4, 0.5) is 8.78 Å². The molecule has 0 aliphatic heterocycles. The Morgan fingerprint density at radius 1 is 1.40 bits per heavy atom. The highest BCUT2D eigenvalue weighted by atomic mass is 19.1. The molecule has 1 unspecified atom stereocenters. The van der Waals surface area contributed by atoms with Crippen molar-refractivity contribution in [2.45, 2.75) is 39.2 Å². The number of carbonyl (C=O) groups excluding carboxylic acids is 1. The second-order valence-corrected chi connectivity index (χ2v) is 6.48. The van der Waals surface area contributed by atoms with Crippen LogP contribution in [0.25, 0.3) is 5.69 Å². The maximum Gasteiger partial charge on any atom is 0.255 e. The number of amides is 1. The number of aromatic nitrogens is 2. The number of aliphatic hydroxyl groups excluding tert-OH is 1. The number of hydrogen-bond acceptors (Lipinski definition) is 3. The van der Waals surface area contributed by atoms with Crippen LogP contribution in [0.15, 0.2) is 18.2 Å². The largest absolute Gasteiger partial charge is 0.396 e. The number of nitrogens with one attached hydrogen (secondary N) is 1. The molecule has 3 rings (SSSR count). The Morgan fingerprint density at radius 2 is 2.12 bits per heavy atom. The zero-order valence-electron chi connectivity index (χ0n) is 14.2. The summed E-state index contributed by atoms with van der Waals surface area (Å²) in [6.45, 7) is 3.37. The van der Waals surface area contributed by atoms with Crippen LogP contribution in [-0.4, -0.2) is 33.4 Å². The van der Waals surface area contributed by atoms with Crippen LogP contribution in [-0.2, 0) is 0 Å². The highest BCUT2D eigenvalue weighted by molar-refractivity contribution is 5.96. The van der Waals surface area contributed by atoms with Gasteiger partial charge in [0.05, 0.1) is 17.0 Å². The van der Waals surface area contributed by atoms with Crippen molar-refractivity contribution in [3.8, 4) is 5.69 Å². The van der Waals surface area contributed by atoms with Gasteiger partial charge in [0.15, 0.2) is 5.82 Å². The zero-order valence-corrected chi connectivity index (χ0v) is 14.2. The number of rotatable bonds is 6. The van der Waals surface area contributed by atoms with Gasteiger partial charge >= 0.3 is 0 Å². The van der Waals surface area contributed by atoms with E-state index in [1.54, 1.807) is 13.8 Å². The molecule has 1 saturated carbocycles. The molecule has 134 valence electrons. The van der Waals surface area contributed by atoms with Crippen LogP contribution in [0, 0.1) is 31.4 Å². The Kier molecular flexibility index (Phi) is 4.85. The van der Waals surface area contributed by atoms with Crippen molar-refractivity contribution in [1.29, 1.82) is 0 Å². The van der Waals surface area contributed by atoms with Crippen molar-refractivity contribution in [2.24, 2.45) is 5.92 Å². The first kappa shape index (κ1) is 17.5. The summed E-state index contributed by atoms with van der Waals surface area (Å²) in [6.07, 6.45) is 2.60. The molecule has 1 amide bonds. The molecule has 2 aromatic rings. The van der Waals surface area contributed by atoms with E-state index in [1.807, 2.05) is 0 Å². The van der Waals surface area contributed by atoms with E-state index >= 15 is 0 Å². The monoisotopic (exact) mass is 349 g/mol. The van der Waals surface area contributed by atoms with E-state index in [9.17, 15) is 18.7 Å². The summed E-state index contributed by atoms with van der Waals surface area (Å²) in [6, 6.07) is 3.17. The maximum absolute atomic E-state index is 14.1. The molecule has 1 aromatic heterocycles. The van der Waals surface area contributed by atoms with Gasteiger partial charge < -0.3 is 10.4 Å². The van der Waals surface area contributed by atoms with Gasteiger partial charge in [-0.3, -0.25) is 4.79 Å². The fourth-order valence-corrected chi connectivity index (χ4v) is 3.16. The van der Waals surface area contributed by atoms with E-state index in [2.05, 4.69) is 10.4 Å². The van der Waals surface area contributed by atoms with Crippen LogP contribution >= 0.6 is 0 Å². The lowest BCUT2D eigenvalue weighted by Gasteiger charge is -2.17. The fraction of sp³-hybridized carbons (Fsp3) is 0.444. The van der Waals surface area contributed by atoms with Crippen molar-refractivity contribution in [3.05, 3.63) is 46.8 Å². The van der Waals surface area contributed by atoms with Gasteiger partial charge in [0.2, 0.25) is 0 Å². The lowest BCUT2D eigenvalue weighted by Crippen LogP contribution is -2.37. The molecule has 1 aromatic carbocycles. The number of benzene rings is 1. The first-order chi connectivity index (χ1) is 11.9. The molecule has 25 heavy (non-hydrogen) atoms. The first-order valence-electron chi connectivity index (χ1n) is 8.35. The van der Waals surface area contributed by atoms with Crippen LogP contribution in [0.1, 0.15) is 41.0 Å². The van der Waals surface area contributed by atoms with Crippen molar-refractivity contribution in [3.63, 3.8) is 0 Å². The molecular formula is C18H21F2N3O2. The highest BCUT2D eigenvalue weighted by Gasteiger charge is 2.33. The van der Waals surface area contributed by atoms with E-state index in [-0.39, 0.29) is 24.2 Å². The molecule has 1 atom stereocenters. The molecule has 1 heterocycles. The third-order valence-electron chi connectivity index (χ3n) is 4.60. The third-order valence-corrected chi connectivity index (χ3v) is 4.60. The summed E-state index contributed by atoms with van der Waals surface area (Å²) in [5.41, 5.74) is 1.43. The number of nitrogens with zero attached hydrogens (tertiary/aromatic N) is 2. The summed E-state index contributed by atoms with van der Waals surface area (Å²) in [7, 11) is 0. The smallest absolute Gasteiger partial charge is 0.255 e. The van der Waals surface area contributed by atoms with Crippen molar-refractivity contribution < 1.29 is 18.7 Å². The molecule has 1 aliphatic carbocycles. The molecule has 7 heteroatoms. The van der Waals surface area contributed by atoms with Gasteiger partial charge in [-0.15, -0.1) is 0 Å². The van der Waals surface area contributed by atoms with Gasteiger partial charge in [0.1, 0.15) is 11.5 Å². The number of hydrogen-bond donors (Lipinski definition) is 2. The van der Waals surface area contributed by atoms with Gasteiger partial charge in [-0.05, 0) is 51.2 Å². The number of aliphatic hydroxyl groups is 1. The summed E-state index contributed by atoms with van der Waals surface area (Å²) >= 11 is 0. The van der Waals surface area contributed by atoms with Gasteiger partial charge in [0.25, 0.3) is 5.91 Å². The minimum absolute atomic E-state index is 0.0134. The highest BCUT2D eigenvalue weighted by Crippen LogP contribution is 2.34. The van der Waals surface area contributed by atoms with E-state index in [0.29, 0.717) is 29.3 Å². The Balaban J connectivity index is 1.90. The van der Waals surface area contributed by atoms with Crippen molar-refractivity contribution in [1.82, 2.24) is 15.1 Å². The summed E-state index contributed by atoms with van der Waals surface area (Å²) < 4.78 is 28.5. The predicted octanol–water partition coefficient (Wildman–Crippen LogP) is 2.66. The van der Waals surface area contributed by atoms with E-state index < -0.39 is 11.6 Å². The first-order valence-corrected chi connectivity index (χ1v) is 8.35. The fourth-order valence-electron chi connectivity index (χ4n) is 3.16. The molecule has 2 N–H and O–H groups in total. The average Bonchev–Trinajstić information content (AvgIpc) is 3.33. The Hall–Kier alpha value is -2.28. The van der Waals surface area contributed by atoms with E-state index in [4.69, 9.17) is 0 Å². The number of carbonyl (C=O) groups is 1. The standard InChI is InChI=1S/C18H21F2N3O2/c1-10-17(18(25)21-15(7-8-24)12-3-4-12)11(2)23(22-10)16-6-5-13(19)9-14(16)20/h5-6,9,12,15,24H,3-4,7-8H2,1-2H3,(H,21,25). The molecule has 0 bridgehead atoms. The number of aryl methyl sites for hydroxylation is 1. The normalized spacial score (nSPS) is 15.2. The summed E-state index contributed by atoms with van der Waals surface area (Å²) in [4.78, 5) is 12.7. The summed E-state index contributed by atoms with van der Waals surface area (Å²) in [5, 5.41) is 16.4. The maximum atomic E-state index is 14.1. The molecule has 0 saturated heterocycles. The lowest BCUT2D eigenvalue weighted by molar-refractivity contribution is 0.0923. The Bertz CT molecular complexity index is 800. The van der Waals surface area contributed by atoms with Gasteiger partial charge in [0, 0.05) is 18.7 Å². The number of halogens is 2. The minimum Gasteiger partial charge on any atom is -0.396 e. The average molecular weight is 349 g/mol. The molecule has 0 radical (unpaired) electrons. The lowest BCUT2D eigenvalue weighted by atomic mass is 10.1. The van der Waals surface area contributed by atoms with E-state index in [1.165, 1.54) is 10.7 Å². The molecule has 0 spiro atoms. The Morgan fingerprint density at radius 3 is 2.72 bits per heavy atom. The second-order valence-electron chi connectivity index (χ2n) is 6.48. The third kappa shape index (κ3) is 3.56.